The van der Waals surface area contributed by atoms with Gasteiger partial charge in [-0.2, -0.15) is 0 Å². The van der Waals surface area contributed by atoms with Gasteiger partial charge in [-0.1, -0.05) is 24.3 Å². The molecule has 71 valence electrons. The summed E-state index contributed by atoms with van der Waals surface area (Å²) in [6.45, 7) is 0. The number of hydrogen-bond acceptors (Lipinski definition) is 2. The number of para-hydroxylation sites is 4. The fourth-order valence-electron chi connectivity index (χ4n) is 1.57. The van der Waals surface area contributed by atoms with E-state index in [4.69, 9.17) is 0 Å². The number of fused-ring (bicyclic) bond motifs is 2. The maximum atomic E-state index is 4.52. The van der Waals surface area contributed by atoms with Crippen molar-refractivity contribution >= 4 is 22.1 Å². The Balaban J connectivity index is 0.000000853. The summed E-state index contributed by atoms with van der Waals surface area (Å²) in [5.41, 5.74) is 3.80. The molecule has 0 unspecified atom stereocenters. The second-order valence-corrected chi connectivity index (χ2v) is 3.20. The molecule has 1 radical (unpaired) electrons. The summed E-state index contributed by atoms with van der Waals surface area (Å²) in [4.78, 5) is 9.03. The van der Waals surface area contributed by atoms with E-state index in [2.05, 4.69) is 9.97 Å². The van der Waals surface area contributed by atoms with Crippen molar-refractivity contribution < 1.29 is 18.6 Å². The van der Waals surface area contributed by atoms with Gasteiger partial charge in [-0.15, -0.1) is 0 Å². The van der Waals surface area contributed by atoms with Gasteiger partial charge < -0.3 is 0 Å². The number of hydrogen-bond donors (Lipinski definition) is 0. The van der Waals surface area contributed by atoms with Gasteiger partial charge >= 0.3 is 0 Å². The molecule has 0 aliphatic rings. The molecular weight excluding hydrogens is 223 g/mol. The second-order valence-electron chi connectivity index (χ2n) is 3.20. The van der Waals surface area contributed by atoms with Crippen LogP contribution in [0.5, 0.6) is 0 Å². The van der Waals surface area contributed by atoms with Crippen LogP contribution in [0.2, 0.25) is 0 Å². The van der Waals surface area contributed by atoms with Crippen molar-refractivity contribution in [3.63, 3.8) is 0 Å². The largest absolute Gasteiger partial charge is 0.245 e. The summed E-state index contributed by atoms with van der Waals surface area (Å²) in [5.74, 6) is 0. The number of nitrogens with zero attached hydrogens (tertiary/aromatic N) is 2. The van der Waals surface area contributed by atoms with Crippen LogP contribution in [0.15, 0.2) is 48.5 Å². The van der Waals surface area contributed by atoms with Gasteiger partial charge in [0, 0.05) is 18.6 Å². The summed E-state index contributed by atoms with van der Waals surface area (Å²) < 4.78 is 0. The Labute approximate surface area is 99.2 Å². The smallest absolute Gasteiger partial charge is 0.0894 e. The van der Waals surface area contributed by atoms with Gasteiger partial charge in [0.2, 0.25) is 0 Å². The van der Waals surface area contributed by atoms with Gasteiger partial charge in [0.25, 0.3) is 0 Å². The Kier molecular flexibility index (Phi) is 2.71. The number of aromatic nitrogens is 2. The van der Waals surface area contributed by atoms with Crippen molar-refractivity contribution in [2.75, 3.05) is 0 Å². The molecule has 3 rings (SSSR count). The molecule has 1 heterocycles. The van der Waals surface area contributed by atoms with E-state index in [9.17, 15) is 0 Å². The van der Waals surface area contributed by atoms with E-state index in [0.717, 1.165) is 22.1 Å². The summed E-state index contributed by atoms with van der Waals surface area (Å²) in [6, 6.07) is 15.8. The van der Waals surface area contributed by atoms with Crippen LogP contribution in [0, 0.1) is 0 Å². The molecule has 0 bridgehead atoms. The van der Waals surface area contributed by atoms with Gasteiger partial charge in [0.05, 0.1) is 22.1 Å². The topological polar surface area (TPSA) is 25.8 Å². The Morgan fingerprint density at radius 3 is 1.07 bits per heavy atom. The Bertz CT molecular complexity index is 502. The van der Waals surface area contributed by atoms with Crippen molar-refractivity contribution in [2.24, 2.45) is 0 Å². The average molecular weight is 231 g/mol. The van der Waals surface area contributed by atoms with E-state index < -0.39 is 0 Å². The first-order valence-corrected chi connectivity index (χ1v) is 4.55. The summed E-state index contributed by atoms with van der Waals surface area (Å²) in [6.07, 6.45) is 0. The van der Waals surface area contributed by atoms with Crippen LogP contribution < -0.4 is 0 Å². The molecular formula is C12H8N2V. The van der Waals surface area contributed by atoms with E-state index in [1.54, 1.807) is 0 Å². The van der Waals surface area contributed by atoms with Crippen molar-refractivity contribution in [3.05, 3.63) is 48.5 Å². The number of benzene rings is 2. The Hall–Kier alpha value is -1.38. The van der Waals surface area contributed by atoms with Crippen molar-refractivity contribution in [1.29, 1.82) is 0 Å². The zero-order valence-electron chi connectivity index (χ0n) is 7.96. The molecule has 0 aliphatic heterocycles. The summed E-state index contributed by atoms with van der Waals surface area (Å²) in [7, 11) is 0. The van der Waals surface area contributed by atoms with Crippen LogP contribution in [0.4, 0.5) is 0 Å². The van der Waals surface area contributed by atoms with E-state index >= 15 is 0 Å². The van der Waals surface area contributed by atoms with E-state index in [0.29, 0.717) is 0 Å². The number of rotatable bonds is 0. The third kappa shape index (κ3) is 1.74. The normalized spacial score (nSPS) is 10.1. The maximum Gasteiger partial charge on any atom is 0.0894 e. The molecule has 2 nitrogen and oxygen atoms in total. The van der Waals surface area contributed by atoms with Crippen LogP contribution in [-0.2, 0) is 18.6 Å². The first-order chi connectivity index (χ1) is 6.93. The van der Waals surface area contributed by atoms with E-state index in [-0.39, 0.29) is 18.6 Å². The van der Waals surface area contributed by atoms with Crippen LogP contribution >= 0.6 is 0 Å². The molecule has 1 aromatic heterocycles. The van der Waals surface area contributed by atoms with Crippen molar-refractivity contribution in [3.8, 4) is 0 Å². The standard InChI is InChI=1S/C12H8N2.V/c1-2-6-10-9(5-1)13-11-7-3-4-8-12(11)14-10;/h1-8H;. The summed E-state index contributed by atoms with van der Waals surface area (Å²) in [5, 5.41) is 0. The van der Waals surface area contributed by atoms with Gasteiger partial charge in [0.15, 0.2) is 0 Å². The predicted octanol–water partition coefficient (Wildman–Crippen LogP) is 2.78. The molecule has 0 spiro atoms. The second kappa shape index (κ2) is 4.01. The third-order valence-electron chi connectivity index (χ3n) is 2.25. The zero-order chi connectivity index (χ0) is 9.38. The van der Waals surface area contributed by atoms with Crippen LogP contribution in [0.3, 0.4) is 0 Å². The fourth-order valence-corrected chi connectivity index (χ4v) is 1.57. The molecule has 0 amide bonds. The maximum absolute atomic E-state index is 4.52. The molecule has 0 atom stereocenters. The minimum atomic E-state index is 0. The molecule has 0 saturated carbocycles. The van der Waals surface area contributed by atoms with Gasteiger partial charge in [0.1, 0.15) is 0 Å². The first kappa shape index (κ1) is 10.2. The fraction of sp³-hybridized carbons (Fsp3) is 0. The monoisotopic (exact) mass is 231 g/mol. The molecule has 2 aromatic carbocycles. The predicted molar refractivity (Wildman–Crippen MR) is 57.0 cm³/mol. The molecule has 0 saturated heterocycles. The molecule has 0 aliphatic carbocycles. The van der Waals surface area contributed by atoms with Gasteiger partial charge in [-0.05, 0) is 24.3 Å². The molecule has 3 heteroatoms. The van der Waals surface area contributed by atoms with E-state index in [1.165, 1.54) is 0 Å². The average Bonchev–Trinajstić information content (AvgIpc) is 2.26. The van der Waals surface area contributed by atoms with Crippen LogP contribution in [-0.4, -0.2) is 9.97 Å². The van der Waals surface area contributed by atoms with Crippen LogP contribution in [0.1, 0.15) is 0 Å². The Morgan fingerprint density at radius 1 is 0.533 bits per heavy atom. The first-order valence-electron chi connectivity index (χ1n) is 4.55. The molecule has 0 fully saturated rings. The van der Waals surface area contributed by atoms with Gasteiger partial charge in [-0.3, -0.25) is 0 Å². The van der Waals surface area contributed by atoms with Crippen molar-refractivity contribution in [1.82, 2.24) is 9.97 Å². The molecule has 15 heavy (non-hydrogen) atoms. The quantitative estimate of drug-likeness (QED) is 0.556. The SMILES string of the molecule is [V].c1ccc2nc3ccccc3nc2c1. The summed E-state index contributed by atoms with van der Waals surface area (Å²) >= 11 is 0. The molecule has 0 N–H and O–H groups in total. The molecule has 3 aromatic rings. The van der Waals surface area contributed by atoms with Crippen molar-refractivity contribution in [2.45, 2.75) is 0 Å². The van der Waals surface area contributed by atoms with E-state index in [1.807, 2.05) is 48.5 Å². The third-order valence-corrected chi connectivity index (χ3v) is 2.25. The van der Waals surface area contributed by atoms with Crippen LogP contribution in [0.25, 0.3) is 22.1 Å². The minimum absolute atomic E-state index is 0. The van der Waals surface area contributed by atoms with Gasteiger partial charge in [-0.25, -0.2) is 9.97 Å². The minimum Gasteiger partial charge on any atom is -0.245 e. The zero-order valence-corrected chi connectivity index (χ0v) is 9.36. The Morgan fingerprint density at radius 2 is 0.800 bits per heavy atom.